The third-order valence-corrected chi connectivity index (χ3v) is 8.72. The average molecular weight is 553 g/mol. The van der Waals surface area contributed by atoms with Crippen LogP contribution in [0.15, 0.2) is 51.0 Å². The lowest BCUT2D eigenvalue weighted by atomic mass is 10.0. The zero-order chi connectivity index (χ0) is 25.8. The highest BCUT2D eigenvalue weighted by Crippen LogP contribution is 2.43. The van der Waals surface area contributed by atoms with Gasteiger partial charge in [-0.3, -0.25) is 14.6 Å². The summed E-state index contributed by atoms with van der Waals surface area (Å²) in [7, 11) is -4.13. The topological polar surface area (TPSA) is 152 Å². The predicted molar refractivity (Wildman–Crippen MR) is 129 cm³/mol. The summed E-state index contributed by atoms with van der Waals surface area (Å²) >= 11 is 12.7. The summed E-state index contributed by atoms with van der Waals surface area (Å²) in [4.78, 5) is 36.9. The van der Waals surface area contributed by atoms with Crippen molar-refractivity contribution < 1.29 is 23.1 Å². The predicted octanol–water partition coefficient (Wildman–Crippen LogP) is 2.61. The van der Waals surface area contributed by atoms with Crippen LogP contribution in [0.5, 0.6) is 17.2 Å². The Labute approximate surface area is 213 Å². The standard InChI is InChI=1S/C22H18Cl2N4O7S/c23-16-7-13(27-22(32)26-20(31)10-25-27)8-17(24)21(16)35-15-3-4-18(30)19(9-15)36(33,34)28-11-1-2-12(28)6-14(29)5-11/h3-4,7-12,30H,1-2,5-6H2,(H,26,31,32). The smallest absolute Gasteiger partial charge is 0.349 e. The van der Waals surface area contributed by atoms with Gasteiger partial charge in [-0.1, -0.05) is 23.2 Å². The maximum Gasteiger partial charge on any atom is 0.349 e. The second-order valence-corrected chi connectivity index (χ2v) is 11.1. The fraction of sp³-hybridized carbons (Fsp3) is 0.273. The number of nitrogens with zero attached hydrogens (tertiary/aromatic N) is 3. The number of phenols is 1. The van der Waals surface area contributed by atoms with Gasteiger partial charge < -0.3 is 9.84 Å². The highest BCUT2D eigenvalue weighted by atomic mass is 35.5. The molecular formula is C22H18Cl2N4O7S. The summed E-state index contributed by atoms with van der Waals surface area (Å²) in [6.45, 7) is 0. The van der Waals surface area contributed by atoms with Crippen LogP contribution in [0.25, 0.3) is 5.69 Å². The van der Waals surface area contributed by atoms with Gasteiger partial charge in [0.05, 0.1) is 15.7 Å². The molecular weight excluding hydrogens is 535 g/mol. The molecule has 2 aromatic carbocycles. The molecule has 0 radical (unpaired) electrons. The molecule has 2 aliphatic heterocycles. The quantitative estimate of drug-likeness (QED) is 0.489. The van der Waals surface area contributed by atoms with E-state index in [2.05, 4.69) is 10.1 Å². The number of ketones is 1. The lowest BCUT2D eigenvalue weighted by Gasteiger charge is -2.33. The minimum absolute atomic E-state index is 0.0255. The maximum atomic E-state index is 13.5. The van der Waals surface area contributed by atoms with E-state index in [4.69, 9.17) is 27.9 Å². The first-order valence-electron chi connectivity index (χ1n) is 10.8. The van der Waals surface area contributed by atoms with Crippen LogP contribution < -0.4 is 16.0 Å². The van der Waals surface area contributed by atoms with Crippen molar-refractivity contribution in [1.82, 2.24) is 19.1 Å². The van der Waals surface area contributed by atoms with Gasteiger partial charge in [0.25, 0.3) is 5.56 Å². The largest absolute Gasteiger partial charge is 0.507 e. The number of ether oxygens (including phenoxy) is 1. The molecule has 188 valence electrons. The number of hydrogen-bond donors (Lipinski definition) is 2. The first kappa shape index (κ1) is 24.5. The summed E-state index contributed by atoms with van der Waals surface area (Å²) in [5.41, 5.74) is -1.32. The van der Waals surface area contributed by atoms with Crippen LogP contribution in [0, 0.1) is 0 Å². The van der Waals surface area contributed by atoms with Crippen LogP contribution in [0.4, 0.5) is 0 Å². The third-order valence-electron chi connectivity index (χ3n) is 6.13. The normalized spacial score (nSPS) is 20.0. The number of nitrogens with one attached hydrogen (secondary N) is 1. The molecule has 2 bridgehead atoms. The van der Waals surface area contributed by atoms with Crippen molar-refractivity contribution in [2.45, 2.75) is 42.7 Å². The van der Waals surface area contributed by atoms with Gasteiger partial charge in [0.1, 0.15) is 28.4 Å². The lowest BCUT2D eigenvalue weighted by molar-refractivity contribution is -0.122. The molecule has 2 atom stereocenters. The summed E-state index contributed by atoms with van der Waals surface area (Å²) in [5, 5.41) is 14.1. The monoisotopic (exact) mass is 552 g/mol. The minimum Gasteiger partial charge on any atom is -0.507 e. The van der Waals surface area contributed by atoms with Crippen molar-refractivity contribution >= 4 is 39.0 Å². The van der Waals surface area contributed by atoms with Crippen molar-refractivity contribution in [3.8, 4) is 22.9 Å². The van der Waals surface area contributed by atoms with Gasteiger partial charge in [0.15, 0.2) is 5.75 Å². The number of H-pyrrole nitrogens is 1. The molecule has 14 heteroatoms. The van der Waals surface area contributed by atoms with Crippen LogP contribution in [0.3, 0.4) is 0 Å². The zero-order valence-electron chi connectivity index (χ0n) is 18.3. The van der Waals surface area contributed by atoms with Gasteiger partial charge in [0, 0.05) is 31.0 Å². The van der Waals surface area contributed by atoms with Crippen molar-refractivity contribution in [3.05, 3.63) is 67.4 Å². The van der Waals surface area contributed by atoms with E-state index in [9.17, 15) is 27.9 Å². The fourth-order valence-electron chi connectivity index (χ4n) is 4.62. The second-order valence-electron chi connectivity index (χ2n) is 8.49. The van der Waals surface area contributed by atoms with Crippen LogP contribution in [0.2, 0.25) is 10.0 Å². The third kappa shape index (κ3) is 4.30. The van der Waals surface area contributed by atoms with E-state index in [0.29, 0.717) is 12.8 Å². The number of rotatable bonds is 5. The fourth-order valence-corrected chi connectivity index (χ4v) is 7.14. The number of phenolic OH excluding ortho intramolecular Hbond substituents is 1. The van der Waals surface area contributed by atoms with Gasteiger partial charge in [-0.15, -0.1) is 0 Å². The number of carbonyl (C=O) groups excluding carboxylic acids is 1. The summed E-state index contributed by atoms with van der Waals surface area (Å²) in [6.07, 6.45) is 2.38. The molecule has 3 heterocycles. The molecule has 0 aliphatic carbocycles. The SMILES string of the molecule is O=C1CC2CCC(C1)N2S(=O)(=O)c1cc(Oc2c(Cl)cc(-n3ncc(=O)[nH]c3=O)cc2Cl)ccc1O. The molecule has 11 nitrogen and oxygen atoms in total. The number of aromatic hydroxyl groups is 1. The Balaban J connectivity index is 1.48. The molecule has 5 rings (SSSR count). The number of piperidine rings is 1. The average Bonchev–Trinajstić information content (AvgIpc) is 3.09. The van der Waals surface area contributed by atoms with E-state index in [1.165, 1.54) is 28.6 Å². The molecule has 0 saturated carbocycles. The number of carbonyl (C=O) groups is 1. The Morgan fingerprint density at radius 1 is 1.03 bits per heavy atom. The zero-order valence-corrected chi connectivity index (χ0v) is 20.7. The number of aromatic nitrogens is 3. The highest BCUT2D eigenvalue weighted by molar-refractivity contribution is 7.89. The molecule has 2 saturated heterocycles. The molecule has 2 N–H and O–H groups in total. The molecule has 0 amide bonds. The first-order chi connectivity index (χ1) is 17.0. The van der Waals surface area contributed by atoms with E-state index in [0.717, 1.165) is 16.9 Å². The van der Waals surface area contributed by atoms with Gasteiger partial charge in [-0.25, -0.2) is 13.2 Å². The number of hydrogen-bond acceptors (Lipinski definition) is 8. The Hall–Kier alpha value is -3.19. The van der Waals surface area contributed by atoms with Gasteiger partial charge >= 0.3 is 5.69 Å². The molecule has 2 unspecified atom stereocenters. The van der Waals surface area contributed by atoms with Crippen molar-refractivity contribution in [2.24, 2.45) is 0 Å². The van der Waals surface area contributed by atoms with Crippen LogP contribution in [-0.2, 0) is 14.8 Å². The van der Waals surface area contributed by atoms with Crippen LogP contribution in [0.1, 0.15) is 25.7 Å². The Bertz CT molecular complexity index is 1580. The van der Waals surface area contributed by atoms with Gasteiger partial charge in [0.2, 0.25) is 10.0 Å². The molecule has 1 aromatic heterocycles. The number of aromatic amines is 1. The first-order valence-corrected chi connectivity index (χ1v) is 13.0. The van der Waals surface area contributed by atoms with Crippen molar-refractivity contribution in [1.29, 1.82) is 0 Å². The van der Waals surface area contributed by atoms with Crippen LogP contribution in [-0.4, -0.2) is 50.5 Å². The lowest BCUT2D eigenvalue weighted by Crippen LogP contribution is -2.46. The molecule has 0 spiro atoms. The van der Waals surface area contributed by atoms with E-state index in [1.54, 1.807) is 0 Å². The second kappa shape index (κ2) is 9.04. The van der Waals surface area contributed by atoms with E-state index < -0.39 is 39.1 Å². The molecule has 3 aromatic rings. The van der Waals surface area contributed by atoms with Crippen LogP contribution >= 0.6 is 23.2 Å². The molecule has 36 heavy (non-hydrogen) atoms. The maximum absolute atomic E-state index is 13.5. The highest BCUT2D eigenvalue weighted by Gasteiger charge is 2.47. The Morgan fingerprint density at radius 2 is 1.67 bits per heavy atom. The van der Waals surface area contributed by atoms with Crippen molar-refractivity contribution in [3.63, 3.8) is 0 Å². The van der Waals surface area contributed by atoms with Gasteiger partial charge in [-0.05, 0) is 37.1 Å². The molecule has 2 fully saturated rings. The number of Topliss-reactive ketones (excluding diaryl/α,β-unsaturated/α-hetero) is 1. The summed E-state index contributed by atoms with van der Waals surface area (Å²) in [6, 6.07) is 5.47. The summed E-state index contributed by atoms with van der Waals surface area (Å²) < 4.78 is 34.9. The van der Waals surface area contributed by atoms with E-state index in [1.807, 2.05) is 0 Å². The van der Waals surface area contributed by atoms with E-state index in [-0.39, 0.29) is 50.8 Å². The number of benzene rings is 2. The number of sulfonamides is 1. The van der Waals surface area contributed by atoms with E-state index >= 15 is 0 Å². The summed E-state index contributed by atoms with van der Waals surface area (Å²) in [5.74, 6) is -0.433. The Morgan fingerprint density at radius 3 is 2.28 bits per heavy atom. The van der Waals surface area contributed by atoms with Gasteiger partial charge in [-0.2, -0.15) is 14.1 Å². The Kier molecular flexibility index (Phi) is 6.15. The number of fused-ring (bicyclic) bond motifs is 2. The molecule has 2 aliphatic rings. The minimum atomic E-state index is -4.13. The van der Waals surface area contributed by atoms with Crippen molar-refractivity contribution in [2.75, 3.05) is 0 Å². The number of halogens is 2.